The molecular weight excluding hydrogens is 298 g/mol. The maximum Gasteiger partial charge on any atom is 0.261 e. The minimum atomic E-state index is -0.300. The average Bonchev–Trinajstić information content (AvgIpc) is 3.00. The van der Waals surface area contributed by atoms with Gasteiger partial charge in [0.15, 0.2) is 0 Å². The van der Waals surface area contributed by atoms with E-state index in [1.54, 1.807) is 17.5 Å². The average molecular weight is 317 g/mol. The Morgan fingerprint density at radius 1 is 1.41 bits per heavy atom. The summed E-state index contributed by atoms with van der Waals surface area (Å²) in [6.07, 6.45) is 4.72. The summed E-state index contributed by atoms with van der Waals surface area (Å²) < 4.78 is 0. The van der Waals surface area contributed by atoms with E-state index in [0.29, 0.717) is 6.54 Å². The molecule has 22 heavy (non-hydrogen) atoms. The zero-order chi connectivity index (χ0) is 15.7. The van der Waals surface area contributed by atoms with Crippen molar-refractivity contribution in [3.8, 4) is 0 Å². The highest BCUT2D eigenvalue weighted by atomic mass is 32.1. The molecule has 5 nitrogen and oxygen atoms in total. The fourth-order valence-electron chi connectivity index (χ4n) is 3.09. The summed E-state index contributed by atoms with van der Waals surface area (Å²) in [5, 5.41) is 2.88. The molecule has 1 aliphatic heterocycles. The third-order valence-electron chi connectivity index (χ3n) is 4.08. The van der Waals surface area contributed by atoms with Gasteiger partial charge in [0.25, 0.3) is 11.5 Å². The van der Waals surface area contributed by atoms with Crippen molar-refractivity contribution in [2.75, 3.05) is 6.54 Å². The first-order valence-corrected chi connectivity index (χ1v) is 8.37. The van der Waals surface area contributed by atoms with E-state index < -0.39 is 0 Å². The largest absolute Gasteiger partial charge is 0.329 e. The Hall–Kier alpha value is -1.95. The number of aryl methyl sites for hydroxylation is 2. The fraction of sp³-hybridized carbons (Fsp3) is 0.438. The van der Waals surface area contributed by atoms with E-state index in [1.807, 2.05) is 30.2 Å². The summed E-state index contributed by atoms with van der Waals surface area (Å²) in [6, 6.07) is 1.83. The number of piperidine rings is 1. The molecule has 1 unspecified atom stereocenters. The van der Waals surface area contributed by atoms with Crippen LogP contribution in [0.3, 0.4) is 0 Å². The lowest BCUT2D eigenvalue weighted by Gasteiger charge is -2.34. The fourth-order valence-corrected chi connectivity index (χ4v) is 3.88. The highest BCUT2D eigenvalue weighted by Gasteiger charge is 2.32. The van der Waals surface area contributed by atoms with E-state index >= 15 is 0 Å². The number of aromatic nitrogens is 2. The van der Waals surface area contributed by atoms with E-state index in [0.717, 1.165) is 35.5 Å². The Morgan fingerprint density at radius 3 is 2.91 bits per heavy atom. The van der Waals surface area contributed by atoms with Crippen molar-refractivity contribution >= 4 is 17.2 Å². The number of rotatable bonds is 2. The van der Waals surface area contributed by atoms with Crippen molar-refractivity contribution in [1.82, 2.24) is 14.9 Å². The van der Waals surface area contributed by atoms with Crippen molar-refractivity contribution in [3.05, 3.63) is 49.8 Å². The van der Waals surface area contributed by atoms with Crippen molar-refractivity contribution in [2.45, 2.75) is 39.2 Å². The predicted molar refractivity (Wildman–Crippen MR) is 86.3 cm³/mol. The molecule has 0 aliphatic carbocycles. The number of H-pyrrole nitrogens is 1. The standard InChI is InChI=1S/C16H19N3O2S/c1-10-9-11(2)18-14(20)13(10)16(21)19-7-4-3-5-12(19)15-17-6-8-22-15/h6,8-9,12H,3-5,7H2,1-2H3,(H,18,20). The molecular formula is C16H19N3O2S. The van der Waals surface area contributed by atoms with Gasteiger partial charge in [-0.2, -0.15) is 0 Å². The number of likely N-dealkylation sites (tertiary alicyclic amines) is 1. The van der Waals surface area contributed by atoms with Crippen LogP contribution in [-0.2, 0) is 0 Å². The summed E-state index contributed by atoms with van der Waals surface area (Å²) >= 11 is 1.57. The number of thiazole rings is 1. The Morgan fingerprint density at radius 2 is 2.23 bits per heavy atom. The van der Waals surface area contributed by atoms with E-state index in [9.17, 15) is 9.59 Å². The molecule has 1 N–H and O–H groups in total. The third kappa shape index (κ3) is 2.70. The third-order valence-corrected chi connectivity index (χ3v) is 4.96. The van der Waals surface area contributed by atoms with Gasteiger partial charge in [0.05, 0.1) is 6.04 Å². The number of pyridine rings is 1. The normalized spacial score (nSPS) is 18.5. The second-order valence-electron chi connectivity index (χ2n) is 5.72. The molecule has 1 saturated heterocycles. The Bertz CT molecular complexity index is 736. The van der Waals surface area contributed by atoms with Gasteiger partial charge in [0.2, 0.25) is 0 Å². The lowest BCUT2D eigenvalue weighted by molar-refractivity contribution is 0.0608. The molecule has 0 aromatic carbocycles. The van der Waals surface area contributed by atoms with Crippen molar-refractivity contribution in [2.24, 2.45) is 0 Å². The minimum Gasteiger partial charge on any atom is -0.329 e. The van der Waals surface area contributed by atoms with Crippen LogP contribution in [0.25, 0.3) is 0 Å². The summed E-state index contributed by atoms with van der Waals surface area (Å²) in [7, 11) is 0. The number of nitrogens with zero attached hydrogens (tertiary/aromatic N) is 2. The first-order chi connectivity index (χ1) is 10.6. The molecule has 0 radical (unpaired) electrons. The van der Waals surface area contributed by atoms with Crippen molar-refractivity contribution in [3.63, 3.8) is 0 Å². The summed E-state index contributed by atoms with van der Waals surface area (Å²) in [4.78, 5) is 34.1. The van der Waals surface area contributed by atoms with Crippen LogP contribution in [0.4, 0.5) is 0 Å². The minimum absolute atomic E-state index is 0.0126. The van der Waals surface area contributed by atoms with Gasteiger partial charge >= 0.3 is 0 Å². The van der Waals surface area contributed by atoms with Gasteiger partial charge in [-0.25, -0.2) is 4.98 Å². The number of hydrogen-bond acceptors (Lipinski definition) is 4. The Balaban J connectivity index is 1.98. The summed E-state index contributed by atoms with van der Waals surface area (Å²) in [6.45, 7) is 4.32. The molecule has 0 bridgehead atoms. The zero-order valence-corrected chi connectivity index (χ0v) is 13.6. The number of carbonyl (C=O) groups is 1. The quantitative estimate of drug-likeness (QED) is 0.926. The van der Waals surface area contributed by atoms with Crippen LogP contribution in [0.2, 0.25) is 0 Å². The Kier molecular flexibility index (Phi) is 4.11. The van der Waals surface area contributed by atoms with Crippen LogP contribution in [0.1, 0.15) is 51.9 Å². The summed E-state index contributed by atoms with van der Waals surface area (Å²) in [5.74, 6) is -0.182. The molecule has 3 rings (SSSR count). The first-order valence-electron chi connectivity index (χ1n) is 7.49. The molecule has 6 heteroatoms. The molecule has 1 amide bonds. The topological polar surface area (TPSA) is 66.1 Å². The van der Waals surface area contributed by atoms with Gasteiger partial charge < -0.3 is 9.88 Å². The molecule has 3 heterocycles. The molecule has 2 aromatic rings. The van der Waals surface area contributed by atoms with Gasteiger partial charge in [-0.3, -0.25) is 9.59 Å². The lowest BCUT2D eigenvalue weighted by atomic mass is 10.00. The molecule has 1 fully saturated rings. The second kappa shape index (κ2) is 6.04. The zero-order valence-electron chi connectivity index (χ0n) is 12.8. The Labute approximate surface area is 133 Å². The van der Waals surface area contributed by atoms with Crippen LogP contribution in [0, 0.1) is 13.8 Å². The maximum atomic E-state index is 12.9. The molecule has 1 aliphatic rings. The highest BCUT2D eigenvalue weighted by molar-refractivity contribution is 7.09. The van der Waals surface area contributed by atoms with Gasteiger partial charge in [0, 0.05) is 23.8 Å². The first kappa shape index (κ1) is 15.0. The molecule has 2 aromatic heterocycles. The van der Waals surface area contributed by atoms with E-state index in [-0.39, 0.29) is 23.1 Å². The molecule has 0 saturated carbocycles. The van der Waals surface area contributed by atoms with Crippen LogP contribution in [0.5, 0.6) is 0 Å². The van der Waals surface area contributed by atoms with Gasteiger partial charge in [-0.1, -0.05) is 0 Å². The van der Waals surface area contributed by atoms with Crippen LogP contribution in [-0.4, -0.2) is 27.3 Å². The van der Waals surface area contributed by atoms with E-state index in [4.69, 9.17) is 0 Å². The van der Waals surface area contributed by atoms with Gasteiger partial charge in [-0.15, -0.1) is 11.3 Å². The SMILES string of the molecule is Cc1cc(C)c(C(=O)N2CCCCC2c2nccs2)c(=O)[nH]1. The lowest BCUT2D eigenvalue weighted by Crippen LogP contribution is -2.41. The van der Waals surface area contributed by atoms with Crippen LogP contribution >= 0.6 is 11.3 Å². The highest BCUT2D eigenvalue weighted by Crippen LogP contribution is 2.33. The van der Waals surface area contributed by atoms with Gasteiger partial charge in [-0.05, 0) is 44.7 Å². The number of carbonyl (C=O) groups excluding carboxylic acids is 1. The van der Waals surface area contributed by atoms with E-state index in [1.165, 1.54) is 0 Å². The van der Waals surface area contributed by atoms with Crippen LogP contribution in [0.15, 0.2) is 22.4 Å². The summed E-state index contributed by atoms with van der Waals surface area (Å²) in [5.41, 5.74) is 1.46. The monoisotopic (exact) mass is 317 g/mol. The van der Waals surface area contributed by atoms with E-state index in [2.05, 4.69) is 9.97 Å². The van der Waals surface area contributed by atoms with Crippen molar-refractivity contribution in [1.29, 1.82) is 0 Å². The van der Waals surface area contributed by atoms with Crippen molar-refractivity contribution < 1.29 is 4.79 Å². The number of hydrogen-bond donors (Lipinski definition) is 1. The number of nitrogens with one attached hydrogen (secondary N) is 1. The smallest absolute Gasteiger partial charge is 0.261 e. The maximum absolute atomic E-state index is 12.9. The number of aromatic amines is 1. The molecule has 1 atom stereocenters. The van der Waals surface area contributed by atoms with Gasteiger partial charge in [0.1, 0.15) is 10.6 Å². The number of amides is 1. The second-order valence-corrected chi connectivity index (χ2v) is 6.65. The van der Waals surface area contributed by atoms with Crippen LogP contribution < -0.4 is 5.56 Å². The molecule has 0 spiro atoms. The predicted octanol–water partition coefficient (Wildman–Crippen LogP) is 2.82. The molecule has 116 valence electrons.